The normalized spacial score (nSPS) is 12.7. The zero-order valence-corrected chi connectivity index (χ0v) is 28.5. The van der Waals surface area contributed by atoms with Gasteiger partial charge in [0.05, 0.1) is 16.3 Å². The summed E-state index contributed by atoms with van der Waals surface area (Å²) in [6.45, 7) is 0. The van der Waals surface area contributed by atoms with E-state index in [0.717, 1.165) is 12.1 Å². The van der Waals surface area contributed by atoms with Crippen molar-refractivity contribution in [2.45, 2.75) is 19.6 Å². The Hall–Kier alpha value is -4.34. The van der Waals surface area contributed by atoms with E-state index in [1.807, 2.05) is 0 Å². The van der Waals surface area contributed by atoms with Crippen molar-refractivity contribution in [2.24, 2.45) is 10.2 Å². The van der Waals surface area contributed by atoms with Gasteiger partial charge in [0, 0.05) is 11.1 Å². The molecule has 7 N–H and O–H groups in total. The van der Waals surface area contributed by atoms with Gasteiger partial charge < -0.3 is 21.3 Å². The number of nitrogens with two attached hydrogens (primary N) is 1. The summed E-state index contributed by atoms with van der Waals surface area (Å²) in [5.74, 6) is -3.85. The second-order valence-corrected chi connectivity index (χ2v) is 15.5. The molecular weight excluding hydrogens is 826 g/mol. The van der Waals surface area contributed by atoms with Gasteiger partial charge in [-0.15, -0.1) is 5.11 Å². The number of hydrogen-bond acceptors (Lipinski definition) is 17. The third-order valence-electron chi connectivity index (χ3n) is 6.38. The van der Waals surface area contributed by atoms with Gasteiger partial charge in [-0.25, -0.2) is 0 Å². The number of halogens is 1. The van der Waals surface area contributed by atoms with Crippen molar-refractivity contribution >= 4 is 103 Å². The van der Waals surface area contributed by atoms with Crippen molar-refractivity contribution < 1.29 is 79.2 Å². The molecule has 0 spiro atoms. The molecule has 1 aromatic heterocycles. The molecule has 0 amide bonds. The summed E-state index contributed by atoms with van der Waals surface area (Å²) < 4.78 is 136. The SMILES string of the molecule is Nc1nc(Cl)nc(Nc2cc(S(=O)(=O)O)cc3cc(S(=O)(=O)O)c(N=Nc4cc(S(=O)(=O)O)c5cccc(S(=O)(=O)O)c5c4[O-])c([O-])c23)n1.[Cu+2]. The molecule has 5 aromatic rings. The van der Waals surface area contributed by atoms with Crippen LogP contribution in [-0.4, -0.2) is 66.8 Å². The van der Waals surface area contributed by atoms with Crippen LogP contribution in [0, 0.1) is 0 Å². The summed E-state index contributed by atoms with van der Waals surface area (Å²) in [4.78, 5) is 6.43. The van der Waals surface area contributed by atoms with E-state index in [4.69, 9.17) is 17.3 Å². The molecular formula is C23H14ClCuN7O14S4. The minimum Gasteiger partial charge on any atom is -0.871 e. The largest absolute Gasteiger partial charge is 2.00 e. The van der Waals surface area contributed by atoms with Crippen molar-refractivity contribution in [3.63, 3.8) is 0 Å². The first-order chi connectivity index (χ1) is 22.5. The third-order valence-corrected chi connectivity index (χ3v) is 10.0. The molecule has 50 heavy (non-hydrogen) atoms. The van der Waals surface area contributed by atoms with E-state index in [-0.39, 0.29) is 17.1 Å². The Labute approximate surface area is 295 Å². The fourth-order valence-corrected chi connectivity index (χ4v) is 7.28. The molecule has 1 heterocycles. The Balaban J connectivity index is 0.00000562. The molecule has 0 bridgehead atoms. The molecule has 0 unspecified atom stereocenters. The summed E-state index contributed by atoms with van der Waals surface area (Å²) in [6.07, 6.45) is 0. The van der Waals surface area contributed by atoms with Crippen LogP contribution >= 0.6 is 11.6 Å². The van der Waals surface area contributed by atoms with E-state index in [9.17, 15) is 62.1 Å². The number of hydrogen-bond donors (Lipinski definition) is 6. The molecule has 21 nitrogen and oxygen atoms in total. The Morgan fingerprint density at radius 3 is 1.90 bits per heavy atom. The average molecular weight is 840 g/mol. The van der Waals surface area contributed by atoms with Crippen molar-refractivity contribution in [1.82, 2.24) is 15.0 Å². The number of anilines is 3. The van der Waals surface area contributed by atoms with Gasteiger partial charge in [-0.2, -0.15) is 53.7 Å². The van der Waals surface area contributed by atoms with Crippen LogP contribution in [0.2, 0.25) is 5.28 Å². The minimum atomic E-state index is -5.46. The van der Waals surface area contributed by atoms with Crippen LogP contribution in [0.1, 0.15) is 0 Å². The van der Waals surface area contributed by atoms with Gasteiger partial charge in [0.25, 0.3) is 40.5 Å². The Bertz CT molecular complexity index is 2730. The van der Waals surface area contributed by atoms with Gasteiger partial charge in [0.15, 0.2) is 0 Å². The van der Waals surface area contributed by atoms with Crippen LogP contribution in [0.4, 0.5) is 29.0 Å². The molecule has 1 radical (unpaired) electrons. The first-order valence-corrected chi connectivity index (χ1v) is 18.4. The molecule has 267 valence electrons. The number of aromatic nitrogens is 3. The molecule has 0 saturated carbocycles. The minimum absolute atomic E-state index is 0. The van der Waals surface area contributed by atoms with Crippen molar-refractivity contribution in [2.75, 3.05) is 11.1 Å². The van der Waals surface area contributed by atoms with E-state index in [0.29, 0.717) is 30.3 Å². The van der Waals surface area contributed by atoms with Crippen LogP contribution in [0.25, 0.3) is 21.5 Å². The first-order valence-electron chi connectivity index (χ1n) is 12.3. The van der Waals surface area contributed by atoms with E-state index < -0.39 is 127 Å². The monoisotopic (exact) mass is 838 g/mol. The van der Waals surface area contributed by atoms with Crippen molar-refractivity contribution in [3.05, 3.63) is 47.7 Å². The average Bonchev–Trinajstić information content (AvgIpc) is 2.94. The zero-order valence-electron chi connectivity index (χ0n) is 23.5. The first kappa shape index (κ1) is 38.5. The van der Waals surface area contributed by atoms with Crippen molar-refractivity contribution in [3.8, 4) is 11.5 Å². The van der Waals surface area contributed by atoms with Crippen LogP contribution in [0.5, 0.6) is 11.5 Å². The molecule has 0 aliphatic rings. The predicted octanol–water partition coefficient (Wildman–Crippen LogP) is 1.70. The molecule has 4 aromatic carbocycles. The Morgan fingerprint density at radius 2 is 1.34 bits per heavy atom. The fourth-order valence-electron chi connectivity index (χ4n) is 4.50. The van der Waals surface area contributed by atoms with Gasteiger partial charge in [-0.3, -0.25) is 18.2 Å². The number of fused-ring (bicyclic) bond motifs is 2. The Kier molecular flexibility index (Phi) is 10.1. The van der Waals surface area contributed by atoms with E-state index in [2.05, 4.69) is 30.5 Å². The summed E-state index contributed by atoms with van der Waals surface area (Å²) >= 11 is 5.76. The number of nitrogens with zero attached hydrogens (tertiary/aromatic N) is 5. The van der Waals surface area contributed by atoms with Gasteiger partial charge >= 0.3 is 17.1 Å². The number of nitrogen functional groups attached to an aromatic ring is 1. The second-order valence-electron chi connectivity index (χ2n) is 9.53. The molecule has 0 aliphatic heterocycles. The zero-order chi connectivity index (χ0) is 36.4. The topological polar surface area (TPSA) is 365 Å². The number of benzene rings is 4. The maximum atomic E-state index is 13.8. The van der Waals surface area contributed by atoms with E-state index in [1.54, 1.807) is 0 Å². The van der Waals surface area contributed by atoms with E-state index in [1.165, 1.54) is 0 Å². The van der Waals surface area contributed by atoms with Crippen molar-refractivity contribution in [1.29, 1.82) is 0 Å². The summed E-state index contributed by atoms with van der Waals surface area (Å²) in [5.41, 5.74) is 2.57. The molecule has 27 heteroatoms. The second kappa shape index (κ2) is 13.1. The maximum Gasteiger partial charge on any atom is 2.00 e. The maximum absolute atomic E-state index is 13.8. The molecule has 0 aliphatic carbocycles. The Morgan fingerprint density at radius 1 is 0.720 bits per heavy atom. The summed E-state index contributed by atoms with van der Waals surface area (Å²) in [7, 11) is -21.0. The third kappa shape index (κ3) is 7.54. The number of azo groups is 1. The molecule has 5 rings (SSSR count). The number of rotatable bonds is 8. The van der Waals surface area contributed by atoms with Gasteiger partial charge in [-0.1, -0.05) is 23.6 Å². The van der Waals surface area contributed by atoms with Gasteiger partial charge in [-0.05, 0) is 58.1 Å². The number of nitrogens with one attached hydrogen (secondary N) is 1. The standard InChI is InChI=1S/C23H16ClN7O14S4.Cu/c24-21-27-22(25)29-23(28-21)26-11-6-9(46(34,35)36)4-8-5-15(49(43,44)45)18(20(33)16(8)11)31-30-12-7-14(48(40,41)42)10-2-1-3-13(47(37,38)39)17(10)19(12)32;/h1-7,32-33H,(H,34,35,36)(H,37,38,39)(H,40,41,42)(H,43,44,45)(H3,25,26,27,28,29);/q;+2/p-2. The van der Waals surface area contributed by atoms with Crippen LogP contribution in [0.15, 0.2) is 72.3 Å². The van der Waals surface area contributed by atoms with Gasteiger partial charge in [0.1, 0.15) is 14.7 Å². The summed E-state index contributed by atoms with van der Waals surface area (Å²) in [5, 5.41) is 33.1. The summed E-state index contributed by atoms with van der Waals surface area (Å²) in [6, 6.07) is 4.80. The molecule has 0 saturated heterocycles. The van der Waals surface area contributed by atoms with E-state index >= 15 is 0 Å². The van der Waals surface area contributed by atoms with Crippen LogP contribution < -0.4 is 21.3 Å². The smallest absolute Gasteiger partial charge is 0.871 e. The fraction of sp³-hybridized carbons (Fsp3) is 0. The quantitative estimate of drug-likeness (QED) is 0.0735. The van der Waals surface area contributed by atoms with Gasteiger partial charge in [0.2, 0.25) is 17.2 Å². The molecule has 0 atom stereocenters. The predicted molar refractivity (Wildman–Crippen MR) is 163 cm³/mol. The molecule has 0 fully saturated rings. The van der Waals surface area contributed by atoms with Crippen LogP contribution in [-0.2, 0) is 57.5 Å². The van der Waals surface area contributed by atoms with Crippen LogP contribution in [0.3, 0.4) is 0 Å².